The molecule has 0 heterocycles. The maximum Gasteiger partial charge on any atom is 0.0900 e. The molecular weight excluding hydrogens is 290 g/mol. The topological polar surface area (TPSA) is 52.9 Å². The lowest BCUT2D eigenvalue weighted by molar-refractivity contribution is -0.0170. The molecule has 1 rings (SSSR count). The van der Waals surface area contributed by atoms with Crippen molar-refractivity contribution in [2.75, 3.05) is 32.8 Å². The van der Waals surface area contributed by atoms with Crippen LogP contribution in [0.25, 0.3) is 0 Å². The third kappa shape index (κ3) is 7.25. The predicted octanol–water partition coefficient (Wildman–Crippen LogP) is 2.48. The van der Waals surface area contributed by atoms with Gasteiger partial charge in [0.25, 0.3) is 0 Å². The standard InChI is InChI=1S/C16H26ClNO3/c1-3-8-18(9-10-19)11-16(20)12-21-13(2)14-4-6-15(17)7-5-14/h4-7,13,16,19-20H,3,8-12H2,1-2H3/t13-,16-/m0/s1. The number of hydrogen-bond donors (Lipinski definition) is 2. The summed E-state index contributed by atoms with van der Waals surface area (Å²) >= 11 is 5.85. The minimum atomic E-state index is -0.558. The summed E-state index contributed by atoms with van der Waals surface area (Å²) in [6.45, 7) is 6.37. The molecule has 1 aromatic rings. The zero-order valence-electron chi connectivity index (χ0n) is 12.8. The number of halogens is 1. The molecule has 21 heavy (non-hydrogen) atoms. The summed E-state index contributed by atoms with van der Waals surface area (Å²) in [6.07, 6.45) is 0.349. The summed E-state index contributed by atoms with van der Waals surface area (Å²) in [7, 11) is 0. The van der Waals surface area contributed by atoms with Gasteiger partial charge in [0.05, 0.1) is 25.4 Å². The molecule has 0 radical (unpaired) electrons. The first kappa shape index (κ1) is 18.4. The fourth-order valence-electron chi connectivity index (χ4n) is 2.19. The van der Waals surface area contributed by atoms with Gasteiger partial charge in [-0.2, -0.15) is 0 Å². The van der Waals surface area contributed by atoms with Crippen LogP contribution in [-0.4, -0.2) is 54.1 Å². The number of aliphatic hydroxyl groups is 2. The molecule has 2 atom stereocenters. The van der Waals surface area contributed by atoms with E-state index in [2.05, 4.69) is 6.92 Å². The summed E-state index contributed by atoms with van der Waals surface area (Å²) in [5.41, 5.74) is 1.03. The highest BCUT2D eigenvalue weighted by Gasteiger charge is 2.13. The molecule has 0 spiro atoms. The first-order valence-corrected chi connectivity index (χ1v) is 7.83. The fraction of sp³-hybridized carbons (Fsp3) is 0.625. The van der Waals surface area contributed by atoms with Crippen LogP contribution in [-0.2, 0) is 4.74 Å². The Labute approximate surface area is 132 Å². The zero-order valence-corrected chi connectivity index (χ0v) is 13.6. The minimum Gasteiger partial charge on any atom is -0.395 e. The van der Waals surface area contributed by atoms with Crippen molar-refractivity contribution in [1.82, 2.24) is 4.90 Å². The highest BCUT2D eigenvalue weighted by Crippen LogP contribution is 2.19. The van der Waals surface area contributed by atoms with Gasteiger partial charge < -0.3 is 14.9 Å². The van der Waals surface area contributed by atoms with Gasteiger partial charge in [0.1, 0.15) is 0 Å². The predicted molar refractivity (Wildman–Crippen MR) is 85.6 cm³/mol. The summed E-state index contributed by atoms with van der Waals surface area (Å²) in [5.74, 6) is 0. The lowest BCUT2D eigenvalue weighted by Crippen LogP contribution is -2.37. The molecule has 4 nitrogen and oxygen atoms in total. The van der Waals surface area contributed by atoms with Crippen LogP contribution in [0.15, 0.2) is 24.3 Å². The highest BCUT2D eigenvalue weighted by molar-refractivity contribution is 6.30. The van der Waals surface area contributed by atoms with E-state index in [1.54, 1.807) is 0 Å². The number of rotatable bonds is 10. The van der Waals surface area contributed by atoms with Crippen LogP contribution in [0, 0.1) is 0 Å². The van der Waals surface area contributed by atoms with Gasteiger partial charge in [-0.15, -0.1) is 0 Å². The van der Waals surface area contributed by atoms with Crippen molar-refractivity contribution in [2.45, 2.75) is 32.5 Å². The van der Waals surface area contributed by atoms with Gasteiger partial charge in [0, 0.05) is 18.1 Å². The molecule has 5 heteroatoms. The van der Waals surface area contributed by atoms with Crippen molar-refractivity contribution >= 4 is 11.6 Å². The van der Waals surface area contributed by atoms with Crippen molar-refractivity contribution in [2.24, 2.45) is 0 Å². The van der Waals surface area contributed by atoms with E-state index in [1.807, 2.05) is 36.1 Å². The SMILES string of the molecule is CCCN(CCO)C[C@H](O)CO[C@@H](C)c1ccc(Cl)cc1. The van der Waals surface area contributed by atoms with Crippen molar-refractivity contribution in [3.05, 3.63) is 34.9 Å². The highest BCUT2D eigenvalue weighted by atomic mass is 35.5. The van der Waals surface area contributed by atoms with Crippen molar-refractivity contribution < 1.29 is 14.9 Å². The Morgan fingerprint density at radius 2 is 1.90 bits per heavy atom. The second-order valence-electron chi connectivity index (χ2n) is 5.21. The molecule has 0 amide bonds. The van der Waals surface area contributed by atoms with Crippen LogP contribution in [0.1, 0.15) is 31.9 Å². The quantitative estimate of drug-likeness (QED) is 0.696. The van der Waals surface area contributed by atoms with Crippen LogP contribution in [0.5, 0.6) is 0 Å². The van der Waals surface area contributed by atoms with Gasteiger partial charge in [0.15, 0.2) is 0 Å². The lowest BCUT2D eigenvalue weighted by Gasteiger charge is -2.24. The van der Waals surface area contributed by atoms with Gasteiger partial charge >= 0.3 is 0 Å². The van der Waals surface area contributed by atoms with Crippen LogP contribution in [0.4, 0.5) is 0 Å². The number of aliphatic hydroxyl groups excluding tert-OH is 2. The van der Waals surface area contributed by atoms with Crippen molar-refractivity contribution in [1.29, 1.82) is 0 Å². The first-order valence-electron chi connectivity index (χ1n) is 7.45. The third-order valence-electron chi connectivity index (χ3n) is 3.30. The van der Waals surface area contributed by atoms with Gasteiger partial charge in [-0.3, -0.25) is 4.90 Å². The van der Waals surface area contributed by atoms with E-state index in [4.69, 9.17) is 21.4 Å². The van der Waals surface area contributed by atoms with Crippen molar-refractivity contribution in [3.8, 4) is 0 Å². The lowest BCUT2D eigenvalue weighted by atomic mass is 10.1. The number of ether oxygens (including phenoxy) is 1. The zero-order chi connectivity index (χ0) is 15.7. The molecule has 0 aliphatic rings. The first-order chi connectivity index (χ1) is 10.1. The molecule has 0 saturated heterocycles. The Morgan fingerprint density at radius 3 is 2.48 bits per heavy atom. The molecule has 0 unspecified atom stereocenters. The Hall–Kier alpha value is -0.650. The molecule has 0 aliphatic carbocycles. The third-order valence-corrected chi connectivity index (χ3v) is 3.56. The minimum absolute atomic E-state index is 0.0885. The maximum absolute atomic E-state index is 10.0. The Kier molecular flexibility index (Phi) is 8.88. The van der Waals surface area contributed by atoms with E-state index >= 15 is 0 Å². The summed E-state index contributed by atoms with van der Waals surface area (Å²) in [4.78, 5) is 2.04. The summed E-state index contributed by atoms with van der Waals surface area (Å²) in [5, 5.41) is 19.7. The van der Waals surface area contributed by atoms with Gasteiger partial charge in [-0.25, -0.2) is 0 Å². The molecule has 2 N–H and O–H groups in total. The molecule has 0 aromatic heterocycles. The molecule has 0 aliphatic heterocycles. The summed E-state index contributed by atoms with van der Waals surface area (Å²) < 4.78 is 5.70. The Morgan fingerprint density at radius 1 is 1.24 bits per heavy atom. The summed E-state index contributed by atoms with van der Waals surface area (Å²) in [6, 6.07) is 7.51. The average molecular weight is 316 g/mol. The second-order valence-corrected chi connectivity index (χ2v) is 5.64. The van der Waals surface area contributed by atoms with E-state index in [0.717, 1.165) is 18.5 Å². The molecule has 1 aromatic carbocycles. The second kappa shape index (κ2) is 10.1. The molecule has 0 fully saturated rings. The van der Waals surface area contributed by atoms with Gasteiger partial charge in [0.2, 0.25) is 0 Å². The van der Waals surface area contributed by atoms with E-state index in [0.29, 0.717) is 18.1 Å². The van der Waals surface area contributed by atoms with E-state index in [1.165, 1.54) is 0 Å². The van der Waals surface area contributed by atoms with E-state index < -0.39 is 6.10 Å². The van der Waals surface area contributed by atoms with Gasteiger partial charge in [-0.1, -0.05) is 30.7 Å². The fourth-order valence-corrected chi connectivity index (χ4v) is 2.31. The van der Waals surface area contributed by atoms with Crippen LogP contribution < -0.4 is 0 Å². The van der Waals surface area contributed by atoms with Crippen LogP contribution in [0.2, 0.25) is 5.02 Å². The van der Waals surface area contributed by atoms with Crippen LogP contribution >= 0.6 is 11.6 Å². The van der Waals surface area contributed by atoms with E-state index in [9.17, 15) is 5.11 Å². The number of benzene rings is 1. The molecular formula is C16H26ClNO3. The van der Waals surface area contributed by atoms with Crippen molar-refractivity contribution in [3.63, 3.8) is 0 Å². The van der Waals surface area contributed by atoms with Gasteiger partial charge in [-0.05, 0) is 37.6 Å². The monoisotopic (exact) mass is 315 g/mol. The maximum atomic E-state index is 10.0. The molecule has 0 bridgehead atoms. The molecule has 0 saturated carbocycles. The Bertz CT molecular complexity index is 380. The van der Waals surface area contributed by atoms with Crippen LogP contribution in [0.3, 0.4) is 0 Å². The Balaban J connectivity index is 2.37. The number of nitrogens with zero attached hydrogens (tertiary/aromatic N) is 1. The average Bonchev–Trinajstić information content (AvgIpc) is 2.46. The largest absolute Gasteiger partial charge is 0.395 e. The van der Waals surface area contributed by atoms with E-state index in [-0.39, 0.29) is 19.3 Å². The molecule has 120 valence electrons. The smallest absolute Gasteiger partial charge is 0.0900 e. The number of hydrogen-bond acceptors (Lipinski definition) is 4. The normalized spacial score (nSPS) is 14.4.